The van der Waals surface area contributed by atoms with E-state index in [0.29, 0.717) is 24.0 Å². The number of alkyl halides is 6. The number of nitrogens with one attached hydrogen (secondary N) is 1. The fourth-order valence-electron chi connectivity index (χ4n) is 5.15. The number of hydrogen-bond acceptors (Lipinski definition) is 2. The van der Waals surface area contributed by atoms with Gasteiger partial charge in [0.15, 0.2) is 0 Å². The van der Waals surface area contributed by atoms with Crippen LogP contribution in [0.5, 0.6) is 0 Å². The second kappa shape index (κ2) is 7.70. The van der Waals surface area contributed by atoms with E-state index < -0.39 is 41.8 Å². The van der Waals surface area contributed by atoms with E-state index in [1.54, 1.807) is 0 Å². The summed E-state index contributed by atoms with van der Waals surface area (Å²) in [4.78, 5) is 26.1. The van der Waals surface area contributed by atoms with Gasteiger partial charge < -0.3 is 10.2 Å². The third-order valence-corrected chi connectivity index (χ3v) is 6.67. The van der Waals surface area contributed by atoms with Gasteiger partial charge >= 0.3 is 12.4 Å². The topological polar surface area (TPSA) is 49.4 Å². The molecule has 1 aromatic rings. The van der Waals surface area contributed by atoms with Crippen LogP contribution in [-0.2, 0) is 28.5 Å². The number of carbonyl (C=O) groups excluding carboxylic acids is 2. The van der Waals surface area contributed by atoms with Gasteiger partial charge in [0, 0.05) is 25.6 Å². The smallest absolute Gasteiger partial charge is 0.353 e. The SMILES string of the molecule is O=C(N[C@@H]1C[C@H]2CC[C@H]1C2)[C@H]1CC(=O)N(Cc2cc(C(F)(F)F)cc(C(F)(F)F)c2)C1. The van der Waals surface area contributed by atoms with Crippen molar-refractivity contribution in [3.8, 4) is 0 Å². The second-order valence-electron chi connectivity index (χ2n) is 8.88. The molecule has 0 spiro atoms. The number of likely N-dealkylation sites (tertiary alicyclic amines) is 1. The fourth-order valence-corrected chi connectivity index (χ4v) is 5.15. The normalized spacial score (nSPS) is 28.5. The lowest BCUT2D eigenvalue weighted by Crippen LogP contribution is -2.42. The van der Waals surface area contributed by atoms with Crippen LogP contribution in [0.3, 0.4) is 0 Å². The number of hydrogen-bond donors (Lipinski definition) is 1. The maximum atomic E-state index is 13.1. The van der Waals surface area contributed by atoms with Crippen molar-refractivity contribution in [1.82, 2.24) is 10.2 Å². The molecule has 2 aliphatic carbocycles. The van der Waals surface area contributed by atoms with Crippen LogP contribution in [0.25, 0.3) is 0 Å². The van der Waals surface area contributed by atoms with Crippen molar-refractivity contribution in [3.63, 3.8) is 0 Å². The molecule has 1 saturated heterocycles. The van der Waals surface area contributed by atoms with Gasteiger partial charge in [0.25, 0.3) is 0 Å². The third kappa shape index (κ3) is 4.67. The van der Waals surface area contributed by atoms with Gasteiger partial charge in [0.1, 0.15) is 0 Å². The van der Waals surface area contributed by atoms with Crippen molar-refractivity contribution in [2.75, 3.05) is 6.54 Å². The Morgan fingerprint density at radius 2 is 1.65 bits per heavy atom. The molecule has 4 rings (SSSR count). The molecule has 31 heavy (non-hydrogen) atoms. The van der Waals surface area contributed by atoms with Crippen LogP contribution in [0.2, 0.25) is 0 Å². The summed E-state index contributed by atoms with van der Waals surface area (Å²) in [7, 11) is 0. The number of halogens is 6. The van der Waals surface area contributed by atoms with Crippen molar-refractivity contribution in [3.05, 3.63) is 34.9 Å². The van der Waals surface area contributed by atoms with Gasteiger partial charge in [-0.3, -0.25) is 9.59 Å². The summed E-state index contributed by atoms with van der Waals surface area (Å²) in [5.74, 6) is -0.305. The Morgan fingerprint density at radius 1 is 1.00 bits per heavy atom. The Morgan fingerprint density at radius 3 is 2.16 bits per heavy atom. The Kier molecular flexibility index (Phi) is 5.46. The van der Waals surface area contributed by atoms with Crippen LogP contribution >= 0.6 is 0 Å². The van der Waals surface area contributed by atoms with Crippen LogP contribution in [0.4, 0.5) is 26.3 Å². The van der Waals surface area contributed by atoms with E-state index in [9.17, 15) is 35.9 Å². The molecule has 2 saturated carbocycles. The molecule has 0 unspecified atom stereocenters. The summed E-state index contributed by atoms with van der Waals surface area (Å²) in [6.45, 7) is -0.438. The van der Waals surface area contributed by atoms with Gasteiger partial charge in [-0.1, -0.05) is 6.42 Å². The molecular formula is C21H22F6N2O2. The molecule has 10 heteroatoms. The molecule has 2 bridgehead atoms. The lowest BCUT2D eigenvalue weighted by atomic mass is 9.94. The first-order chi connectivity index (χ1) is 14.4. The van der Waals surface area contributed by atoms with Crippen molar-refractivity contribution < 1.29 is 35.9 Å². The van der Waals surface area contributed by atoms with E-state index in [-0.39, 0.29) is 36.5 Å². The predicted octanol–water partition coefficient (Wildman–Crippen LogP) is 4.38. The molecule has 1 heterocycles. The van der Waals surface area contributed by atoms with Gasteiger partial charge in [0.2, 0.25) is 11.8 Å². The van der Waals surface area contributed by atoms with Crippen LogP contribution in [-0.4, -0.2) is 29.3 Å². The molecule has 170 valence electrons. The highest BCUT2D eigenvalue weighted by Gasteiger charge is 2.42. The number of amides is 2. The van der Waals surface area contributed by atoms with E-state index in [2.05, 4.69) is 5.32 Å². The zero-order chi connectivity index (χ0) is 22.6. The second-order valence-corrected chi connectivity index (χ2v) is 8.88. The predicted molar refractivity (Wildman–Crippen MR) is 97.3 cm³/mol. The van der Waals surface area contributed by atoms with Crippen LogP contribution < -0.4 is 5.32 Å². The summed E-state index contributed by atoms with van der Waals surface area (Å²) in [6.07, 6.45) is -5.74. The van der Waals surface area contributed by atoms with Crippen LogP contribution in [0.15, 0.2) is 18.2 Å². The molecule has 4 atom stereocenters. The molecule has 4 nitrogen and oxygen atoms in total. The number of nitrogens with zero attached hydrogens (tertiary/aromatic N) is 1. The maximum absolute atomic E-state index is 13.1. The van der Waals surface area contributed by atoms with Crippen molar-refractivity contribution in [2.24, 2.45) is 17.8 Å². The third-order valence-electron chi connectivity index (χ3n) is 6.67. The number of rotatable bonds is 4. The van der Waals surface area contributed by atoms with E-state index in [4.69, 9.17) is 0 Å². The Labute approximate surface area is 175 Å². The van der Waals surface area contributed by atoms with Gasteiger partial charge in [-0.05, 0) is 54.9 Å². The highest BCUT2D eigenvalue weighted by Crippen LogP contribution is 2.44. The Hall–Kier alpha value is -2.26. The van der Waals surface area contributed by atoms with E-state index in [1.165, 1.54) is 6.42 Å². The van der Waals surface area contributed by atoms with Crippen molar-refractivity contribution >= 4 is 11.8 Å². The van der Waals surface area contributed by atoms with Crippen molar-refractivity contribution in [1.29, 1.82) is 0 Å². The highest BCUT2D eigenvalue weighted by atomic mass is 19.4. The average Bonchev–Trinajstić information content (AvgIpc) is 3.36. The van der Waals surface area contributed by atoms with Crippen LogP contribution in [0, 0.1) is 17.8 Å². The minimum Gasteiger partial charge on any atom is -0.353 e. The van der Waals surface area contributed by atoms with Gasteiger partial charge in [-0.2, -0.15) is 26.3 Å². The first kappa shape index (κ1) is 22.0. The minimum atomic E-state index is -4.95. The Bertz CT molecular complexity index is 849. The molecule has 1 aliphatic heterocycles. The average molecular weight is 448 g/mol. The maximum Gasteiger partial charge on any atom is 0.416 e. The molecular weight excluding hydrogens is 426 g/mol. The summed E-state index contributed by atoms with van der Waals surface area (Å²) >= 11 is 0. The van der Waals surface area contributed by atoms with Gasteiger partial charge in [0.05, 0.1) is 17.0 Å². The molecule has 3 aliphatic rings. The first-order valence-electron chi connectivity index (χ1n) is 10.3. The summed E-state index contributed by atoms with van der Waals surface area (Å²) < 4.78 is 78.3. The standard InChI is InChI=1S/C21H22F6N2O2/c22-20(23,24)15-4-12(5-16(8-15)21(25,26)27)9-29-10-14(7-18(29)30)19(31)28-17-6-11-1-2-13(17)3-11/h4-5,8,11,13-14,17H,1-3,6-7,9-10H2,(H,28,31)/t11-,13-,14-,17+/m0/s1. The van der Waals surface area contributed by atoms with E-state index in [0.717, 1.165) is 24.2 Å². The summed E-state index contributed by atoms with van der Waals surface area (Å²) in [5, 5.41) is 3.00. The highest BCUT2D eigenvalue weighted by molar-refractivity contribution is 5.89. The quantitative estimate of drug-likeness (QED) is 0.696. The fraction of sp³-hybridized carbons (Fsp3) is 0.619. The summed E-state index contributed by atoms with van der Waals surface area (Å²) in [5.41, 5.74) is -3.12. The lowest BCUT2D eigenvalue weighted by Gasteiger charge is -2.24. The molecule has 1 N–H and O–H groups in total. The lowest BCUT2D eigenvalue weighted by molar-refractivity contribution is -0.143. The zero-order valence-electron chi connectivity index (χ0n) is 16.5. The monoisotopic (exact) mass is 448 g/mol. The zero-order valence-corrected chi connectivity index (χ0v) is 16.5. The van der Waals surface area contributed by atoms with Gasteiger partial charge in [-0.15, -0.1) is 0 Å². The minimum absolute atomic E-state index is 0.0247. The molecule has 3 fully saturated rings. The van der Waals surface area contributed by atoms with E-state index in [1.807, 2.05) is 0 Å². The van der Waals surface area contributed by atoms with Crippen LogP contribution in [0.1, 0.15) is 48.8 Å². The van der Waals surface area contributed by atoms with Gasteiger partial charge in [-0.25, -0.2) is 0 Å². The number of benzene rings is 1. The summed E-state index contributed by atoms with van der Waals surface area (Å²) in [6, 6.07) is 1.38. The first-order valence-corrected chi connectivity index (χ1v) is 10.3. The molecule has 0 aromatic heterocycles. The number of fused-ring (bicyclic) bond motifs is 2. The van der Waals surface area contributed by atoms with Crippen molar-refractivity contribution in [2.45, 2.75) is 57.0 Å². The Balaban J connectivity index is 1.44. The molecule has 1 aromatic carbocycles. The van der Waals surface area contributed by atoms with E-state index >= 15 is 0 Å². The molecule has 2 amide bonds. The largest absolute Gasteiger partial charge is 0.416 e. The molecule has 0 radical (unpaired) electrons. The number of carbonyl (C=O) groups is 2.